The lowest BCUT2D eigenvalue weighted by atomic mass is 9.91. The topological polar surface area (TPSA) is 63.9 Å². The maximum atomic E-state index is 9.83. The van der Waals surface area contributed by atoms with Crippen molar-refractivity contribution >= 4 is 0 Å². The van der Waals surface area contributed by atoms with E-state index in [4.69, 9.17) is 0 Å². The van der Waals surface area contributed by atoms with Crippen LogP contribution in [0.1, 0.15) is 30.2 Å². The van der Waals surface area contributed by atoms with Crippen LogP contribution in [-0.2, 0) is 0 Å². The molecule has 82 valence electrons. The number of aliphatic hydroxyl groups excluding tert-OH is 1. The first kappa shape index (κ1) is 10.3. The molecule has 0 spiro atoms. The number of aliphatic hydroxyl groups is 1. The number of hydrogen-bond acceptors (Lipinski definition) is 4. The zero-order valence-corrected chi connectivity index (χ0v) is 8.81. The van der Waals surface area contributed by atoms with Gasteiger partial charge in [0.25, 0.3) is 0 Å². The molecule has 0 fully saturated rings. The van der Waals surface area contributed by atoms with E-state index in [1.165, 1.54) is 12.1 Å². The summed E-state index contributed by atoms with van der Waals surface area (Å²) < 4.78 is 0. The van der Waals surface area contributed by atoms with Crippen molar-refractivity contribution in [2.24, 2.45) is 0 Å². The predicted molar refractivity (Wildman–Crippen MR) is 55.8 cm³/mol. The maximum Gasteiger partial charge on any atom is 0.157 e. The van der Waals surface area contributed by atoms with Crippen LogP contribution in [-0.4, -0.2) is 33.8 Å². The molecule has 4 nitrogen and oxygen atoms in total. The maximum absolute atomic E-state index is 9.83. The molecule has 0 aromatic heterocycles. The van der Waals surface area contributed by atoms with Crippen LogP contribution in [0, 0.1) is 0 Å². The summed E-state index contributed by atoms with van der Waals surface area (Å²) in [6.07, 6.45) is -0.604. The Morgan fingerprint density at radius 3 is 2.33 bits per heavy atom. The van der Waals surface area contributed by atoms with Crippen molar-refractivity contribution in [2.45, 2.75) is 19.1 Å². The van der Waals surface area contributed by atoms with E-state index in [1.807, 2.05) is 18.9 Å². The van der Waals surface area contributed by atoms with E-state index >= 15 is 0 Å². The van der Waals surface area contributed by atoms with Gasteiger partial charge in [-0.05, 0) is 37.2 Å². The molecule has 0 saturated heterocycles. The third-order valence-corrected chi connectivity index (χ3v) is 3.11. The van der Waals surface area contributed by atoms with E-state index in [-0.39, 0.29) is 17.5 Å². The van der Waals surface area contributed by atoms with E-state index in [2.05, 4.69) is 0 Å². The second-order valence-electron chi connectivity index (χ2n) is 4.10. The molecule has 1 aliphatic rings. The number of aromatic hydroxyl groups is 2. The predicted octanol–water partition coefficient (Wildman–Crippen LogP) is 1.14. The highest BCUT2D eigenvalue weighted by molar-refractivity contribution is 5.48. The van der Waals surface area contributed by atoms with Crippen molar-refractivity contribution < 1.29 is 15.3 Å². The molecular weight excluding hydrogens is 194 g/mol. The Hall–Kier alpha value is -1.26. The Bertz CT molecular complexity index is 392. The van der Waals surface area contributed by atoms with Gasteiger partial charge in [-0.15, -0.1) is 0 Å². The van der Waals surface area contributed by atoms with Crippen molar-refractivity contribution in [2.75, 3.05) is 13.6 Å². The van der Waals surface area contributed by atoms with Crippen molar-refractivity contribution in [3.8, 4) is 11.5 Å². The van der Waals surface area contributed by atoms with Crippen molar-refractivity contribution in [3.05, 3.63) is 23.3 Å². The molecule has 1 heterocycles. The molecule has 1 aromatic carbocycles. The first-order chi connectivity index (χ1) is 7.00. The molecule has 1 aliphatic heterocycles. The van der Waals surface area contributed by atoms with Gasteiger partial charge in [-0.2, -0.15) is 0 Å². The normalized spacial score (nSPS) is 26.3. The summed E-state index contributed by atoms with van der Waals surface area (Å²) >= 11 is 0. The number of β-amino-alcohol motifs (C(OH)–C–C–N with tert-alkyl or cyclic N) is 1. The van der Waals surface area contributed by atoms with Gasteiger partial charge in [0, 0.05) is 12.6 Å². The molecular formula is C11H15NO3. The number of likely N-dealkylation sites (N-methyl/N-ethyl adjacent to an activating group) is 1. The van der Waals surface area contributed by atoms with E-state index in [0.29, 0.717) is 12.1 Å². The Morgan fingerprint density at radius 1 is 1.20 bits per heavy atom. The number of fused-ring (bicyclic) bond motifs is 1. The zero-order chi connectivity index (χ0) is 11.2. The highest BCUT2D eigenvalue weighted by Crippen LogP contribution is 2.39. The lowest BCUT2D eigenvalue weighted by molar-refractivity contribution is 0.0885. The molecule has 0 amide bonds. The summed E-state index contributed by atoms with van der Waals surface area (Å²) in [7, 11) is 1.92. The summed E-state index contributed by atoms with van der Waals surface area (Å²) in [5.74, 6) is -0.312. The largest absolute Gasteiger partial charge is 0.504 e. The van der Waals surface area contributed by atoms with Crippen molar-refractivity contribution in [1.29, 1.82) is 0 Å². The van der Waals surface area contributed by atoms with Crippen LogP contribution in [0.4, 0.5) is 0 Å². The van der Waals surface area contributed by atoms with Crippen LogP contribution >= 0.6 is 0 Å². The average Bonchev–Trinajstić information content (AvgIpc) is 2.18. The summed E-state index contributed by atoms with van der Waals surface area (Å²) in [5.41, 5.74) is 1.57. The second kappa shape index (κ2) is 3.40. The van der Waals surface area contributed by atoms with Gasteiger partial charge in [0.2, 0.25) is 0 Å². The molecule has 15 heavy (non-hydrogen) atoms. The van der Waals surface area contributed by atoms with Crippen LogP contribution in [0.3, 0.4) is 0 Å². The minimum absolute atomic E-state index is 0.134. The fraction of sp³-hybridized carbons (Fsp3) is 0.455. The first-order valence-corrected chi connectivity index (χ1v) is 4.94. The van der Waals surface area contributed by atoms with Crippen LogP contribution in [0.15, 0.2) is 12.1 Å². The van der Waals surface area contributed by atoms with Gasteiger partial charge >= 0.3 is 0 Å². The van der Waals surface area contributed by atoms with Crippen LogP contribution in [0.25, 0.3) is 0 Å². The lowest BCUT2D eigenvalue weighted by Gasteiger charge is -2.35. The summed E-state index contributed by atoms with van der Waals surface area (Å²) in [5, 5.41) is 28.6. The quantitative estimate of drug-likeness (QED) is 0.561. The van der Waals surface area contributed by atoms with Gasteiger partial charge in [0.15, 0.2) is 11.5 Å². The lowest BCUT2D eigenvalue weighted by Crippen LogP contribution is -2.33. The second-order valence-corrected chi connectivity index (χ2v) is 4.10. The third-order valence-electron chi connectivity index (χ3n) is 3.11. The Kier molecular flexibility index (Phi) is 2.32. The minimum atomic E-state index is -0.604. The Balaban J connectivity index is 2.56. The van der Waals surface area contributed by atoms with Gasteiger partial charge in [-0.1, -0.05) is 0 Å². The van der Waals surface area contributed by atoms with Crippen LogP contribution < -0.4 is 0 Å². The molecule has 2 atom stereocenters. The van der Waals surface area contributed by atoms with Gasteiger partial charge in [-0.25, -0.2) is 0 Å². The Labute approximate surface area is 88.4 Å². The molecule has 4 heteroatoms. The molecule has 0 radical (unpaired) electrons. The fourth-order valence-corrected chi connectivity index (χ4v) is 2.03. The summed E-state index contributed by atoms with van der Waals surface area (Å²) in [6, 6.07) is 3.10. The van der Waals surface area contributed by atoms with Crippen molar-refractivity contribution in [1.82, 2.24) is 4.90 Å². The highest BCUT2D eigenvalue weighted by Gasteiger charge is 2.28. The molecule has 0 unspecified atom stereocenters. The molecule has 0 bridgehead atoms. The summed E-state index contributed by atoms with van der Waals surface area (Å²) in [4.78, 5) is 2.00. The van der Waals surface area contributed by atoms with Crippen LogP contribution in [0.2, 0.25) is 0 Å². The van der Waals surface area contributed by atoms with Gasteiger partial charge in [0.1, 0.15) is 0 Å². The SMILES string of the molecule is C[C@@H]1c2cc(O)c(O)cc2[C@H](O)CN1C. The number of rotatable bonds is 0. The average molecular weight is 209 g/mol. The molecule has 2 rings (SSSR count). The van der Waals surface area contributed by atoms with Gasteiger partial charge in [-0.3, -0.25) is 4.90 Å². The molecule has 0 aliphatic carbocycles. The monoisotopic (exact) mass is 209 g/mol. The van der Waals surface area contributed by atoms with Gasteiger partial charge < -0.3 is 15.3 Å². The molecule has 1 aromatic rings. The number of hydrogen-bond donors (Lipinski definition) is 3. The zero-order valence-electron chi connectivity index (χ0n) is 8.81. The Morgan fingerprint density at radius 2 is 1.73 bits per heavy atom. The number of nitrogens with zero attached hydrogens (tertiary/aromatic N) is 1. The fourth-order valence-electron chi connectivity index (χ4n) is 2.03. The third kappa shape index (κ3) is 1.56. The van der Waals surface area contributed by atoms with E-state index in [9.17, 15) is 15.3 Å². The number of benzene rings is 1. The van der Waals surface area contributed by atoms with Gasteiger partial charge in [0.05, 0.1) is 6.10 Å². The van der Waals surface area contributed by atoms with E-state index in [0.717, 1.165) is 5.56 Å². The summed E-state index contributed by atoms with van der Waals surface area (Å²) in [6.45, 7) is 2.54. The van der Waals surface area contributed by atoms with E-state index in [1.54, 1.807) is 0 Å². The minimum Gasteiger partial charge on any atom is -0.504 e. The van der Waals surface area contributed by atoms with E-state index < -0.39 is 6.10 Å². The highest BCUT2D eigenvalue weighted by atomic mass is 16.3. The van der Waals surface area contributed by atoms with Crippen molar-refractivity contribution in [3.63, 3.8) is 0 Å². The molecule has 0 saturated carbocycles. The number of phenolic OH excluding ortho intramolecular Hbond substituents is 2. The standard InChI is InChI=1S/C11H15NO3/c1-6-7-3-9(13)10(14)4-8(7)11(15)5-12(6)2/h3-4,6,11,13-15H,5H2,1-2H3/t6-,11-/m1/s1. The molecule has 3 N–H and O–H groups in total. The smallest absolute Gasteiger partial charge is 0.157 e. The number of phenols is 2. The first-order valence-electron chi connectivity index (χ1n) is 4.94. The van der Waals surface area contributed by atoms with Crippen LogP contribution in [0.5, 0.6) is 11.5 Å².